The molecule has 1 atom stereocenters. The highest BCUT2D eigenvalue weighted by Crippen LogP contribution is 2.41. The van der Waals surface area contributed by atoms with E-state index in [2.05, 4.69) is 9.97 Å². The normalized spacial score (nSPS) is 17.3. The highest BCUT2D eigenvalue weighted by Gasteiger charge is 2.46. The number of likely N-dealkylation sites (tertiary alicyclic amines) is 1. The van der Waals surface area contributed by atoms with Crippen LogP contribution in [0.1, 0.15) is 45.3 Å². The molecule has 1 aliphatic rings. The fourth-order valence-electron chi connectivity index (χ4n) is 4.52. The Labute approximate surface area is 207 Å². The van der Waals surface area contributed by atoms with Crippen LogP contribution in [0, 0.1) is 13.8 Å². The number of hydrogen-bond acceptors (Lipinski definition) is 6. The summed E-state index contributed by atoms with van der Waals surface area (Å²) in [5.41, 5.74) is 1.88. The van der Waals surface area contributed by atoms with Gasteiger partial charge in [-0.25, -0.2) is 9.78 Å². The van der Waals surface area contributed by atoms with Crippen molar-refractivity contribution in [2.75, 3.05) is 13.7 Å². The molecule has 4 rings (SSSR count). The lowest BCUT2D eigenvalue weighted by molar-refractivity contribution is -0.139. The number of aliphatic hydroxyl groups excluding tert-OH is 1. The lowest BCUT2D eigenvalue weighted by Gasteiger charge is -2.25. The van der Waals surface area contributed by atoms with Gasteiger partial charge in [-0.3, -0.25) is 9.59 Å². The summed E-state index contributed by atoms with van der Waals surface area (Å²) in [6, 6.07) is 6.01. The number of hydrogen-bond donors (Lipinski definition) is 2. The second-order valence-electron chi connectivity index (χ2n) is 8.32. The van der Waals surface area contributed by atoms with Crippen LogP contribution in [-0.4, -0.2) is 55.9 Å². The number of aromatic amines is 1. The number of aliphatic hydroxyl groups is 1. The zero-order valence-corrected chi connectivity index (χ0v) is 20.3. The molecule has 0 unspecified atom stereocenters. The molecule has 0 saturated carbocycles. The quantitative estimate of drug-likeness (QED) is 0.222. The highest BCUT2D eigenvalue weighted by atomic mass is 35.5. The predicted molar refractivity (Wildman–Crippen MR) is 129 cm³/mol. The first-order valence-electron chi connectivity index (χ1n) is 11.0. The van der Waals surface area contributed by atoms with Gasteiger partial charge in [-0.2, -0.15) is 0 Å². The van der Waals surface area contributed by atoms with E-state index in [0.717, 1.165) is 0 Å². The van der Waals surface area contributed by atoms with Gasteiger partial charge in [-0.05, 0) is 43.5 Å². The van der Waals surface area contributed by atoms with Gasteiger partial charge in [0.2, 0.25) is 0 Å². The van der Waals surface area contributed by atoms with Crippen molar-refractivity contribution in [1.29, 1.82) is 0 Å². The van der Waals surface area contributed by atoms with Crippen molar-refractivity contribution in [2.45, 2.75) is 32.9 Å². The number of nitrogens with one attached hydrogen (secondary N) is 1. The number of carbonyl (C=O) groups is 3. The Morgan fingerprint density at radius 1 is 1.26 bits per heavy atom. The molecule has 10 heteroatoms. The van der Waals surface area contributed by atoms with Crippen LogP contribution in [0.25, 0.3) is 5.76 Å². The third-order valence-electron chi connectivity index (χ3n) is 6.14. The number of esters is 1. The fraction of sp³-hybridized carbons (Fsp3) is 0.280. The van der Waals surface area contributed by atoms with E-state index < -0.39 is 23.7 Å². The topological polar surface area (TPSA) is 118 Å². The second kappa shape index (κ2) is 9.79. The summed E-state index contributed by atoms with van der Waals surface area (Å²) in [5.74, 6) is -2.46. The molecule has 0 bridgehead atoms. The first-order chi connectivity index (χ1) is 16.7. The molecule has 0 aliphatic carbocycles. The van der Waals surface area contributed by atoms with Gasteiger partial charge in [-0.1, -0.05) is 23.7 Å². The zero-order valence-electron chi connectivity index (χ0n) is 19.5. The van der Waals surface area contributed by atoms with E-state index in [-0.39, 0.29) is 29.1 Å². The maximum atomic E-state index is 13.3. The lowest BCUT2D eigenvalue weighted by atomic mass is 9.94. The van der Waals surface area contributed by atoms with Crippen LogP contribution < -0.4 is 0 Å². The minimum absolute atomic E-state index is 0.0542. The number of benzene rings is 1. The molecular weight excluding hydrogens is 472 g/mol. The molecule has 1 amide bonds. The van der Waals surface area contributed by atoms with Crippen molar-refractivity contribution in [1.82, 2.24) is 19.4 Å². The van der Waals surface area contributed by atoms with Gasteiger partial charge in [-0.15, -0.1) is 0 Å². The van der Waals surface area contributed by atoms with E-state index in [4.69, 9.17) is 16.3 Å². The Morgan fingerprint density at radius 3 is 2.69 bits per heavy atom. The number of amides is 1. The summed E-state index contributed by atoms with van der Waals surface area (Å²) >= 11 is 6.23. The summed E-state index contributed by atoms with van der Waals surface area (Å²) in [5, 5.41) is 11.8. The molecule has 1 aromatic carbocycles. The van der Waals surface area contributed by atoms with Gasteiger partial charge in [0.15, 0.2) is 0 Å². The smallest absolute Gasteiger partial charge is 0.354 e. The SMILES string of the molecule is COC(=O)c1[nH]c(C)c(/C(O)=C2\C(=O)C(=O)N(CCCn3ccnc3)[C@H]2c2cccc(Cl)c2)c1C. The first kappa shape index (κ1) is 24.3. The van der Waals surface area contributed by atoms with Crippen molar-refractivity contribution in [3.63, 3.8) is 0 Å². The maximum absolute atomic E-state index is 13.3. The van der Waals surface area contributed by atoms with E-state index >= 15 is 0 Å². The predicted octanol–water partition coefficient (Wildman–Crippen LogP) is 3.78. The van der Waals surface area contributed by atoms with Crippen LogP contribution in [0.2, 0.25) is 5.02 Å². The van der Waals surface area contributed by atoms with Gasteiger partial charge in [0.25, 0.3) is 11.7 Å². The molecule has 0 radical (unpaired) electrons. The largest absolute Gasteiger partial charge is 0.507 e. The van der Waals surface area contributed by atoms with Crippen LogP contribution in [0.15, 0.2) is 48.6 Å². The summed E-state index contributed by atoms with van der Waals surface area (Å²) in [6.45, 7) is 4.18. The summed E-state index contributed by atoms with van der Waals surface area (Å²) in [6.07, 6.45) is 5.73. The van der Waals surface area contributed by atoms with Crippen molar-refractivity contribution in [3.8, 4) is 0 Å². The number of aryl methyl sites for hydroxylation is 2. The van der Waals surface area contributed by atoms with E-state index in [9.17, 15) is 19.5 Å². The molecule has 0 spiro atoms. The number of halogens is 1. The molecule has 1 saturated heterocycles. The average Bonchev–Trinajstić information content (AvgIpc) is 3.52. The molecule has 2 N–H and O–H groups in total. The van der Waals surface area contributed by atoms with Gasteiger partial charge in [0.05, 0.1) is 25.1 Å². The lowest BCUT2D eigenvalue weighted by Crippen LogP contribution is -2.31. The Kier molecular flexibility index (Phi) is 6.79. The summed E-state index contributed by atoms with van der Waals surface area (Å²) in [7, 11) is 1.26. The van der Waals surface area contributed by atoms with Crippen molar-refractivity contribution < 1.29 is 24.2 Å². The number of methoxy groups -OCH3 is 1. The minimum Gasteiger partial charge on any atom is -0.507 e. The number of rotatable bonds is 7. The van der Waals surface area contributed by atoms with Crippen LogP contribution >= 0.6 is 11.6 Å². The van der Waals surface area contributed by atoms with Crippen LogP contribution in [-0.2, 0) is 20.9 Å². The minimum atomic E-state index is -0.841. The Morgan fingerprint density at radius 2 is 2.03 bits per heavy atom. The standard InChI is InChI=1S/C25H25ClN4O5/c1-14-18(15(2)28-20(14)25(34)35-3)22(31)19-21(16-6-4-7-17(26)12-16)30(24(33)23(19)32)10-5-9-29-11-8-27-13-29/h4,6-8,11-13,21,28,31H,5,9-10H2,1-3H3/b22-19+/t21-/m0/s1. The van der Waals surface area contributed by atoms with Crippen molar-refractivity contribution >= 4 is 35.0 Å². The van der Waals surface area contributed by atoms with Gasteiger partial charge < -0.3 is 24.3 Å². The molecule has 35 heavy (non-hydrogen) atoms. The summed E-state index contributed by atoms with van der Waals surface area (Å²) in [4.78, 5) is 46.9. The number of nitrogens with zero attached hydrogens (tertiary/aromatic N) is 3. The third-order valence-corrected chi connectivity index (χ3v) is 6.38. The number of H-pyrrole nitrogens is 1. The van der Waals surface area contributed by atoms with E-state index in [1.165, 1.54) is 12.0 Å². The molecule has 3 heterocycles. The van der Waals surface area contributed by atoms with E-state index in [0.29, 0.717) is 34.8 Å². The Hall–Kier alpha value is -3.85. The molecule has 1 fully saturated rings. The zero-order chi connectivity index (χ0) is 25.3. The van der Waals surface area contributed by atoms with Crippen LogP contribution in [0.3, 0.4) is 0 Å². The van der Waals surface area contributed by atoms with Crippen molar-refractivity contribution in [2.24, 2.45) is 0 Å². The molecule has 2 aromatic heterocycles. The number of ketones is 1. The van der Waals surface area contributed by atoms with Crippen LogP contribution in [0.4, 0.5) is 0 Å². The van der Waals surface area contributed by atoms with E-state index in [1.807, 2.05) is 10.8 Å². The molecule has 182 valence electrons. The first-order valence-corrected chi connectivity index (χ1v) is 11.4. The van der Waals surface area contributed by atoms with E-state index in [1.54, 1.807) is 50.6 Å². The Bertz CT molecular complexity index is 1330. The average molecular weight is 497 g/mol. The Balaban J connectivity index is 1.80. The molecule has 9 nitrogen and oxygen atoms in total. The third kappa shape index (κ3) is 4.46. The molecule has 3 aromatic rings. The molecular formula is C25H25ClN4O5. The number of aromatic nitrogens is 3. The van der Waals surface area contributed by atoms with Gasteiger partial charge in [0, 0.05) is 41.8 Å². The number of imidazole rings is 1. The highest BCUT2D eigenvalue weighted by molar-refractivity contribution is 6.46. The number of ether oxygens (including phenoxy) is 1. The number of Topliss-reactive ketones (excluding diaryl/α,β-unsaturated/α-hetero) is 1. The van der Waals surface area contributed by atoms with Crippen LogP contribution in [0.5, 0.6) is 0 Å². The van der Waals surface area contributed by atoms with Gasteiger partial charge in [0.1, 0.15) is 11.5 Å². The molecule has 1 aliphatic heterocycles. The fourth-order valence-corrected chi connectivity index (χ4v) is 4.72. The summed E-state index contributed by atoms with van der Waals surface area (Å²) < 4.78 is 6.69. The second-order valence-corrected chi connectivity index (χ2v) is 8.75. The monoisotopic (exact) mass is 496 g/mol. The van der Waals surface area contributed by atoms with Gasteiger partial charge >= 0.3 is 5.97 Å². The van der Waals surface area contributed by atoms with Crippen molar-refractivity contribution in [3.05, 3.63) is 81.7 Å². The number of carbonyl (C=O) groups excluding carboxylic acids is 3. The maximum Gasteiger partial charge on any atom is 0.354 e.